The van der Waals surface area contributed by atoms with E-state index < -0.39 is 0 Å². The lowest BCUT2D eigenvalue weighted by atomic mass is 10.1. The molecule has 0 unspecified atom stereocenters. The minimum atomic E-state index is 0.711. The SMILES string of the molecule is Clc1ccnc2c1c(-c1cccnc1)cn2SI. The van der Waals surface area contributed by atoms with Crippen LogP contribution in [0.5, 0.6) is 0 Å². The molecule has 0 radical (unpaired) electrons. The van der Waals surface area contributed by atoms with E-state index in [1.807, 2.05) is 34.6 Å². The second-order valence-electron chi connectivity index (χ2n) is 3.67. The normalized spacial score (nSPS) is 11.0. The molecule has 0 aliphatic carbocycles. The first-order chi connectivity index (χ1) is 8.81. The van der Waals surface area contributed by atoms with Crippen LogP contribution in [0.15, 0.2) is 43.0 Å². The number of pyridine rings is 2. The predicted octanol–water partition coefficient (Wildman–Crippen LogP) is 4.60. The molecule has 0 aliphatic heterocycles. The van der Waals surface area contributed by atoms with Crippen LogP contribution in [0.2, 0.25) is 5.02 Å². The molecule has 0 atom stereocenters. The van der Waals surface area contributed by atoms with Crippen molar-refractivity contribution in [2.24, 2.45) is 0 Å². The lowest BCUT2D eigenvalue weighted by Crippen LogP contribution is -1.82. The monoisotopic (exact) mass is 387 g/mol. The number of hydrogen-bond acceptors (Lipinski definition) is 3. The van der Waals surface area contributed by atoms with Gasteiger partial charge in [-0.25, -0.2) is 4.98 Å². The third-order valence-corrected chi connectivity index (χ3v) is 4.67. The van der Waals surface area contributed by atoms with Crippen molar-refractivity contribution in [1.29, 1.82) is 0 Å². The molecule has 0 saturated carbocycles. The molecule has 3 aromatic heterocycles. The van der Waals surface area contributed by atoms with E-state index >= 15 is 0 Å². The predicted molar refractivity (Wildman–Crippen MR) is 85.0 cm³/mol. The van der Waals surface area contributed by atoms with Gasteiger partial charge in [-0.1, -0.05) is 17.7 Å². The number of fused-ring (bicyclic) bond motifs is 1. The van der Waals surface area contributed by atoms with Crippen LogP contribution in [0.3, 0.4) is 0 Å². The van der Waals surface area contributed by atoms with Crippen LogP contribution in [-0.2, 0) is 0 Å². The molecule has 0 fully saturated rings. The standard InChI is InChI=1S/C12H7ClIN3S/c13-10-3-5-16-12-11(10)9(7-17(12)18-14)8-2-1-4-15-6-8/h1-7H. The largest absolute Gasteiger partial charge is 0.265 e. The summed E-state index contributed by atoms with van der Waals surface area (Å²) in [5.41, 5.74) is 2.97. The Hall–Kier alpha value is -0.790. The summed E-state index contributed by atoms with van der Waals surface area (Å²) in [5.74, 6) is 0. The van der Waals surface area contributed by atoms with E-state index in [4.69, 9.17) is 11.6 Å². The van der Waals surface area contributed by atoms with Crippen LogP contribution in [0.1, 0.15) is 0 Å². The van der Waals surface area contributed by atoms with Crippen LogP contribution >= 0.6 is 41.9 Å². The molecule has 0 aliphatic rings. The van der Waals surface area contributed by atoms with Gasteiger partial charge in [0.1, 0.15) is 0 Å². The Morgan fingerprint density at radius 3 is 2.89 bits per heavy atom. The molecule has 6 heteroatoms. The Labute approximate surface area is 125 Å². The highest BCUT2D eigenvalue weighted by molar-refractivity contribution is 14.2. The van der Waals surface area contributed by atoms with Crippen LogP contribution < -0.4 is 0 Å². The van der Waals surface area contributed by atoms with Crippen molar-refractivity contribution in [3.63, 3.8) is 0 Å². The molecule has 18 heavy (non-hydrogen) atoms. The minimum absolute atomic E-state index is 0.711. The molecule has 3 aromatic rings. The minimum Gasteiger partial charge on any atom is -0.265 e. The summed E-state index contributed by atoms with van der Waals surface area (Å²) in [5, 5.41) is 1.68. The zero-order valence-electron chi connectivity index (χ0n) is 9.05. The fourth-order valence-corrected chi connectivity index (χ4v) is 3.37. The Morgan fingerprint density at radius 2 is 2.17 bits per heavy atom. The molecule has 0 N–H and O–H groups in total. The van der Waals surface area contributed by atoms with E-state index in [1.54, 1.807) is 21.5 Å². The maximum Gasteiger partial charge on any atom is 0.152 e. The highest BCUT2D eigenvalue weighted by atomic mass is 127. The van der Waals surface area contributed by atoms with E-state index in [1.165, 1.54) is 0 Å². The maximum absolute atomic E-state index is 6.30. The Morgan fingerprint density at radius 1 is 1.28 bits per heavy atom. The second-order valence-corrected chi connectivity index (χ2v) is 5.79. The van der Waals surface area contributed by atoms with Crippen LogP contribution in [0.4, 0.5) is 0 Å². The zero-order chi connectivity index (χ0) is 12.5. The first-order valence-electron chi connectivity index (χ1n) is 5.16. The molecule has 0 saturated heterocycles. The summed E-state index contributed by atoms with van der Waals surface area (Å²) >= 11 is 8.52. The average Bonchev–Trinajstić information content (AvgIpc) is 2.80. The third-order valence-electron chi connectivity index (χ3n) is 2.65. The molecule has 0 bridgehead atoms. The van der Waals surface area contributed by atoms with Crippen molar-refractivity contribution in [2.45, 2.75) is 0 Å². The van der Waals surface area contributed by atoms with Crippen LogP contribution in [0, 0.1) is 0 Å². The highest BCUT2D eigenvalue weighted by Crippen LogP contribution is 2.36. The third kappa shape index (κ3) is 2.00. The topological polar surface area (TPSA) is 30.7 Å². The quantitative estimate of drug-likeness (QED) is 0.602. The molecular weight excluding hydrogens is 381 g/mol. The van der Waals surface area contributed by atoms with E-state index in [0.29, 0.717) is 5.02 Å². The molecule has 0 aromatic carbocycles. The Kier molecular flexibility index (Phi) is 3.45. The van der Waals surface area contributed by atoms with Gasteiger partial charge >= 0.3 is 0 Å². The van der Waals surface area contributed by atoms with Gasteiger partial charge in [0.25, 0.3) is 0 Å². The lowest BCUT2D eigenvalue weighted by Gasteiger charge is -1.99. The van der Waals surface area contributed by atoms with E-state index in [-0.39, 0.29) is 0 Å². The average molecular weight is 388 g/mol. The van der Waals surface area contributed by atoms with Gasteiger partial charge < -0.3 is 0 Å². The van der Waals surface area contributed by atoms with Crippen molar-refractivity contribution < 1.29 is 0 Å². The molecule has 3 heterocycles. The molecule has 90 valence electrons. The van der Waals surface area contributed by atoms with Crippen molar-refractivity contribution in [1.82, 2.24) is 13.9 Å². The van der Waals surface area contributed by atoms with Crippen LogP contribution in [-0.4, -0.2) is 13.9 Å². The van der Waals surface area contributed by atoms with Gasteiger partial charge in [-0.2, -0.15) is 0 Å². The number of aromatic nitrogens is 3. The summed E-state index contributed by atoms with van der Waals surface area (Å²) in [4.78, 5) is 8.54. The summed E-state index contributed by atoms with van der Waals surface area (Å²) in [6.45, 7) is 0. The molecule has 3 nitrogen and oxygen atoms in total. The first kappa shape index (κ1) is 12.3. The van der Waals surface area contributed by atoms with Gasteiger partial charge in [-0.3, -0.25) is 8.96 Å². The van der Waals surface area contributed by atoms with E-state index in [2.05, 4.69) is 31.2 Å². The molecule has 0 spiro atoms. The van der Waals surface area contributed by atoms with Gasteiger partial charge in [0.15, 0.2) is 5.65 Å². The summed E-state index contributed by atoms with van der Waals surface area (Å²) in [6.07, 6.45) is 7.36. The van der Waals surface area contributed by atoms with Crippen molar-refractivity contribution in [2.75, 3.05) is 0 Å². The lowest BCUT2D eigenvalue weighted by molar-refractivity contribution is 1.27. The smallest absolute Gasteiger partial charge is 0.152 e. The fourth-order valence-electron chi connectivity index (χ4n) is 1.88. The fraction of sp³-hybridized carbons (Fsp3) is 0. The van der Waals surface area contributed by atoms with E-state index in [9.17, 15) is 0 Å². The summed E-state index contributed by atoms with van der Waals surface area (Å²) < 4.78 is 2.00. The zero-order valence-corrected chi connectivity index (χ0v) is 12.8. The number of halogens is 2. The molecule has 0 amide bonds. The molecular formula is C12H7ClIN3S. The van der Waals surface area contributed by atoms with Crippen molar-refractivity contribution >= 4 is 53.0 Å². The van der Waals surface area contributed by atoms with Gasteiger partial charge in [-0.15, -0.1) is 0 Å². The maximum atomic E-state index is 6.30. The summed E-state index contributed by atoms with van der Waals surface area (Å²) in [7, 11) is 1.57. The number of hydrogen-bond donors (Lipinski definition) is 0. The number of rotatable bonds is 2. The summed E-state index contributed by atoms with van der Waals surface area (Å²) in [6, 6.07) is 5.75. The van der Waals surface area contributed by atoms with E-state index in [0.717, 1.165) is 22.2 Å². The molecule has 3 rings (SSSR count). The highest BCUT2D eigenvalue weighted by Gasteiger charge is 2.14. The Bertz CT molecular complexity index is 699. The van der Waals surface area contributed by atoms with Gasteiger partial charge in [0.05, 0.1) is 5.02 Å². The Balaban J connectivity index is 2.36. The second kappa shape index (κ2) is 5.07. The van der Waals surface area contributed by atoms with Gasteiger partial charge in [0, 0.05) is 71.6 Å². The number of nitrogens with zero attached hydrogens (tertiary/aromatic N) is 3. The van der Waals surface area contributed by atoms with Crippen molar-refractivity contribution in [3.05, 3.63) is 48.0 Å². The van der Waals surface area contributed by atoms with Crippen LogP contribution in [0.25, 0.3) is 22.2 Å². The first-order valence-corrected chi connectivity index (χ1v) is 8.85. The van der Waals surface area contributed by atoms with Gasteiger partial charge in [0.2, 0.25) is 0 Å². The van der Waals surface area contributed by atoms with Gasteiger partial charge in [-0.05, 0) is 12.1 Å². The van der Waals surface area contributed by atoms with Crippen molar-refractivity contribution in [3.8, 4) is 11.1 Å².